The molecule has 1 heterocycles. The van der Waals surface area contributed by atoms with Gasteiger partial charge < -0.3 is 4.90 Å². The molecule has 2 aromatic carbocycles. The third kappa shape index (κ3) is 4.74. The summed E-state index contributed by atoms with van der Waals surface area (Å²) in [6.07, 6.45) is 0. The Kier molecular flexibility index (Phi) is 6.95. The van der Waals surface area contributed by atoms with Crippen molar-refractivity contribution in [2.75, 3.05) is 44.2 Å². The van der Waals surface area contributed by atoms with Crippen LogP contribution in [0.5, 0.6) is 0 Å². The van der Waals surface area contributed by atoms with Crippen LogP contribution in [-0.2, 0) is 14.8 Å². The molecule has 1 saturated heterocycles. The fraction of sp³-hybridized carbons (Fsp3) is 0.435. The lowest BCUT2D eigenvalue weighted by molar-refractivity contribution is -0.120. The molecule has 1 aliphatic rings. The van der Waals surface area contributed by atoms with Gasteiger partial charge in [-0.1, -0.05) is 35.9 Å². The summed E-state index contributed by atoms with van der Waals surface area (Å²) in [5.41, 5.74) is 3.81. The number of rotatable bonds is 6. The number of para-hydroxylation sites is 1. The Bertz CT molecular complexity index is 1010. The summed E-state index contributed by atoms with van der Waals surface area (Å²) in [5.74, 6) is 0.0393. The molecule has 1 fully saturated rings. The maximum absolute atomic E-state index is 13.1. The summed E-state index contributed by atoms with van der Waals surface area (Å²) >= 11 is 0. The molecule has 162 valence electrons. The van der Waals surface area contributed by atoms with Gasteiger partial charge in [0.1, 0.15) is 0 Å². The number of hydrogen-bond acceptors (Lipinski definition) is 4. The van der Waals surface area contributed by atoms with E-state index in [9.17, 15) is 13.2 Å². The molecule has 0 saturated carbocycles. The summed E-state index contributed by atoms with van der Waals surface area (Å²) in [4.78, 5) is 17.1. The third-order valence-electron chi connectivity index (χ3n) is 5.66. The highest BCUT2D eigenvalue weighted by Gasteiger charge is 2.30. The number of carbonyl (C=O) groups is 1. The zero-order chi connectivity index (χ0) is 21.9. The van der Waals surface area contributed by atoms with Gasteiger partial charge in [-0.25, -0.2) is 8.42 Å². The van der Waals surface area contributed by atoms with Crippen molar-refractivity contribution in [1.82, 2.24) is 9.21 Å². The maximum Gasteiger partial charge on any atom is 0.243 e. The standard InChI is InChI=1S/C23H31N3O3S/c1-5-26(21-9-7-6-8-19(21)3)23(27)17-24-12-14-25(15-13-24)30(28,29)22-11-10-18(2)16-20(22)4/h6-11,16H,5,12-15,17H2,1-4H3. The number of nitrogens with zero attached hydrogens (tertiary/aromatic N) is 3. The molecule has 0 spiro atoms. The van der Waals surface area contributed by atoms with Gasteiger partial charge in [0.05, 0.1) is 11.4 Å². The quantitative estimate of drug-likeness (QED) is 0.708. The molecule has 2 aromatic rings. The second-order valence-electron chi connectivity index (χ2n) is 7.87. The van der Waals surface area contributed by atoms with Crippen molar-refractivity contribution >= 4 is 21.6 Å². The van der Waals surface area contributed by atoms with Crippen LogP contribution in [0.3, 0.4) is 0 Å². The van der Waals surface area contributed by atoms with Gasteiger partial charge in [0.15, 0.2) is 0 Å². The molecule has 0 bridgehead atoms. The number of amides is 1. The van der Waals surface area contributed by atoms with Crippen molar-refractivity contribution in [3.63, 3.8) is 0 Å². The van der Waals surface area contributed by atoms with E-state index in [0.717, 1.165) is 22.4 Å². The first kappa shape index (κ1) is 22.5. The van der Waals surface area contributed by atoms with Crippen molar-refractivity contribution in [2.45, 2.75) is 32.6 Å². The minimum Gasteiger partial charge on any atom is -0.311 e. The second-order valence-corrected chi connectivity index (χ2v) is 9.78. The Balaban J connectivity index is 1.64. The number of hydrogen-bond donors (Lipinski definition) is 0. The molecule has 7 heteroatoms. The molecule has 0 aromatic heterocycles. The molecule has 0 atom stereocenters. The van der Waals surface area contributed by atoms with Crippen molar-refractivity contribution in [1.29, 1.82) is 0 Å². The van der Waals surface area contributed by atoms with Gasteiger partial charge in [-0.05, 0) is 51.0 Å². The normalized spacial score (nSPS) is 15.9. The van der Waals surface area contributed by atoms with Crippen molar-refractivity contribution in [2.24, 2.45) is 0 Å². The minimum atomic E-state index is -3.52. The number of piperazine rings is 1. The van der Waals surface area contributed by atoms with Gasteiger partial charge in [-0.15, -0.1) is 0 Å². The van der Waals surface area contributed by atoms with E-state index in [2.05, 4.69) is 0 Å². The van der Waals surface area contributed by atoms with E-state index < -0.39 is 10.0 Å². The number of carbonyl (C=O) groups excluding carboxylic acids is 1. The Morgan fingerprint density at radius 2 is 1.63 bits per heavy atom. The Morgan fingerprint density at radius 3 is 2.23 bits per heavy atom. The Morgan fingerprint density at radius 1 is 0.967 bits per heavy atom. The number of benzene rings is 2. The van der Waals surface area contributed by atoms with E-state index in [1.807, 2.05) is 69.0 Å². The maximum atomic E-state index is 13.1. The lowest BCUT2D eigenvalue weighted by Gasteiger charge is -2.35. The number of anilines is 1. The van der Waals surface area contributed by atoms with Crippen LogP contribution in [0.25, 0.3) is 0 Å². The van der Waals surface area contributed by atoms with Crippen molar-refractivity contribution in [3.8, 4) is 0 Å². The van der Waals surface area contributed by atoms with E-state index in [0.29, 0.717) is 44.2 Å². The van der Waals surface area contributed by atoms with Crippen LogP contribution in [0.2, 0.25) is 0 Å². The monoisotopic (exact) mass is 429 g/mol. The highest BCUT2D eigenvalue weighted by atomic mass is 32.2. The smallest absolute Gasteiger partial charge is 0.243 e. The predicted octanol–water partition coefficient (Wildman–Crippen LogP) is 2.97. The van der Waals surface area contributed by atoms with Crippen molar-refractivity contribution in [3.05, 3.63) is 59.2 Å². The molecule has 1 amide bonds. The van der Waals surface area contributed by atoms with E-state index >= 15 is 0 Å². The van der Waals surface area contributed by atoms with Crippen LogP contribution in [0.4, 0.5) is 5.69 Å². The first-order chi connectivity index (χ1) is 14.2. The van der Waals surface area contributed by atoms with E-state index in [4.69, 9.17) is 0 Å². The van der Waals surface area contributed by atoms with Crippen LogP contribution < -0.4 is 4.90 Å². The topological polar surface area (TPSA) is 60.9 Å². The third-order valence-corrected chi connectivity index (χ3v) is 7.72. The Hall–Kier alpha value is -2.22. The number of aryl methyl sites for hydroxylation is 3. The van der Waals surface area contributed by atoms with Crippen LogP contribution in [-0.4, -0.2) is 62.8 Å². The lowest BCUT2D eigenvalue weighted by atomic mass is 10.1. The summed E-state index contributed by atoms with van der Waals surface area (Å²) < 4.78 is 27.6. The molecule has 3 rings (SSSR count). The summed E-state index contributed by atoms with van der Waals surface area (Å²) in [5, 5.41) is 0. The second kappa shape index (κ2) is 9.29. The van der Waals surface area contributed by atoms with E-state index in [-0.39, 0.29) is 5.91 Å². The lowest BCUT2D eigenvalue weighted by Crippen LogP contribution is -2.51. The molecule has 0 aliphatic carbocycles. The molecule has 30 heavy (non-hydrogen) atoms. The van der Waals surface area contributed by atoms with Gasteiger partial charge in [-0.3, -0.25) is 9.69 Å². The largest absolute Gasteiger partial charge is 0.311 e. The van der Waals surface area contributed by atoms with Crippen LogP contribution in [0.15, 0.2) is 47.4 Å². The van der Waals surface area contributed by atoms with Gasteiger partial charge >= 0.3 is 0 Å². The van der Waals surface area contributed by atoms with Gasteiger partial charge in [-0.2, -0.15) is 4.31 Å². The average molecular weight is 430 g/mol. The SMILES string of the molecule is CCN(C(=O)CN1CCN(S(=O)(=O)c2ccc(C)cc2C)CC1)c1ccccc1C. The fourth-order valence-corrected chi connectivity index (χ4v) is 5.61. The van der Waals surface area contributed by atoms with Gasteiger partial charge in [0.25, 0.3) is 0 Å². The van der Waals surface area contributed by atoms with Crippen LogP contribution >= 0.6 is 0 Å². The fourth-order valence-electron chi connectivity index (χ4n) is 3.98. The highest BCUT2D eigenvalue weighted by molar-refractivity contribution is 7.89. The molecular weight excluding hydrogens is 398 g/mol. The molecule has 0 radical (unpaired) electrons. The summed E-state index contributed by atoms with van der Waals surface area (Å²) in [6, 6.07) is 13.3. The van der Waals surface area contributed by atoms with Crippen molar-refractivity contribution < 1.29 is 13.2 Å². The first-order valence-electron chi connectivity index (χ1n) is 10.4. The van der Waals surface area contributed by atoms with Crippen LogP contribution in [0.1, 0.15) is 23.6 Å². The summed E-state index contributed by atoms with van der Waals surface area (Å²) in [6.45, 7) is 10.5. The van der Waals surface area contributed by atoms with Crippen LogP contribution in [0, 0.1) is 20.8 Å². The van der Waals surface area contributed by atoms with E-state index in [1.54, 1.807) is 11.0 Å². The van der Waals surface area contributed by atoms with Gasteiger partial charge in [0.2, 0.25) is 15.9 Å². The minimum absolute atomic E-state index is 0.0393. The molecular formula is C23H31N3O3S. The predicted molar refractivity (Wildman–Crippen MR) is 120 cm³/mol. The number of likely N-dealkylation sites (N-methyl/N-ethyl adjacent to an activating group) is 1. The summed E-state index contributed by atoms with van der Waals surface area (Å²) in [7, 11) is -3.52. The zero-order valence-corrected chi connectivity index (χ0v) is 19.1. The molecule has 1 aliphatic heterocycles. The van der Waals surface area contributed by atoms with E-state index in [1.165, 1.54) is 4.31 Å². The molecule has 0 N–H and O–H groups in total. The van der Waals surface area contributed by atoms with Gasteiger partial charge in [0, 0.05) is 38.4 Å². The zero-order valence-electron chi connectivity index (χ0n) is 18.3. The molecule has 6 nitrogen and oxygen atoms in total. The Labute approximate surface area is 180 Å². The molecule has 0 unspecified atom stereocenters. The number of sulfonamides is 1. The average Bonchev–Trinajstić information content (AvgIpc) is 2.70. The highest BCUT2D eigenvalue weighted by Crippen LogP contribution is 2.23. The first-order valence-corrected chi connectivity index (χ1v) is 11.8.